The Balaban J connectivity index is 2.61. The van der Waals surface area contributed by atoms with Gasteiger partial charge >= 0.3 is 24.2 Å². The van der Waals surface area contributed by atoms with E-state index in [1.165, 1.54) is 19.2 Å². The first-order chi connectivity index (χ1) is 18.0. The Morgan fingerprint density at radius 3 is 1.95 bits per heavy atom. The van der Waals surface area contributed by atoms with Crippen LogP contribution in [0.15, 0.2) is 54.6 Å². The van der Waals surface area contributed by atoms with Gasteiger partial charge in [-0.15, -0.1) is 0 Å². The molecular formula is C29H36F3NO6. The fourth-order valence-corrected chi connectivity index (χ4v) is 4.35. The quantitative estimate of drug-likeness (QED) is 0.346. The fraction of sp³-hybridized carbons (Fsp3) is 0.483. The largest absolute Gasteiger partial charge is 0.479 e. The van der Waals surface area contributed by atoms with Crippen LogP contribution in [0, 0.1) is 11.8 Å². The minimum Gasteiger partial charge on any atom is -0.479 e. The second-order valence-corrected chi connectivity index (χ2v) is 10.9. The maximum Gasteiger partial charge on any atom is 0.416 e. The van der Waals surface area contributed by atoms with E-state index in [0.29, 0.717) is 5.56 Å². The standard InChI is InChI=1S/C29H36F3NO6/c1-19(2)17-28(25(35)36,33(6)26(37)39-27(3,4)5)23(24(34)38-18-21-10-8-7-9-11-21)16-20-12-14-22(15-13-20)29(30,31)32/h7-15,19,23H,16-18H2,1-6H3,(H,35,36)/t23-,28-/m0/s1. The summed E-state index contributed by atoms with van der Waals surface area (Å²) in [6, 6.07) is 12.8. The predicted octanol–water partition coefficient (Wildman–Crippen LogP) is 6.34. The molecule has 1 amide bonds. The minimum absolute atomic E-state index is 0.149. The van der Waals surface area contributed by atoms with Crippen molar-refractivity contribution < 1.29 is 42.1 Å². The van der Waals surface area contributed by atoms with Crippen LogP contribution in [0.2, 0.25) is 0 Å². The molecule has 2 aromatic rings. The number of ether oxygens (including phenoxy) is 2. The Bertz CT molecular complexity index is 1130. The molecule has 0 aliphatic rings. The number of aliphatic carboxylic acids is 1. The molecule has 0 saturated heterocycles. The van der Waals surface area contributed by atoms with Crippen LogP contribution in [0.1, 0.15) is 57.7 Å². The molecule has 0 aromatic heterocycles. The highest BCUT2D eigenvalue weighted by Gasteiger charge is 2.56. The number of amides is 1. The summed E-state index contributed by atoms with van der Waals surface area (Å²) in [6.45, 7) is 8.19. The van der Waals surface area contributed by atoms with Crippen LogP contribution in [-0.2, 0) is 38.3 Å². The number of esters is 1. The van der Waals surface area contributed by atoms with E-state index in [2.05, 4.69) is 0 Å². The summed E-state index contributed by atoms with van der Waals surface area (Å²) < 4.78 is 50.4. The van der Waals surface area contributed by atoms with Crippen molar-refractivity contribution in [3.05, 3.63) is 71.3 Å². The molecule has 0 saturated carbocycles. The number of nitrogens with zero attached hydrogens (tertiary/aromatic N) is 1. The van der Waals surface area contributed by atoms with Crippen LogP contribution in [0.5, 0.6) is 0 Å². The first-order valence-corrected chi connectivity index (χ1v) is 12.5. The van der Waals surface area contributed by atoms with Gasteiger partial charge in [-0.2, -0.15) is 13.2 Å². The molecule has 7 nitrogen and oxygen atoms in total. The number of hydrogen-bond acceptors (Lipinski definition) is 5. The third-order valence-electron chi connectivity index (χ3n) is 6.16. The summed E-state index contributed by atoms with van der Waals surface area (Å²) in [7, 11) is 1.24. The average molecular weight is 552 g/mol. The second-order valence-electron chi connectivity index (χ2n) is 10.9. The van der Waals surface area contributed by atoms with Crippen LogP contribution in [0.4, 0.5) is 18.0 Å². The van der Waals surface area contributed by atoms with Gasteiger partial charge in [0, 0.05) is 7.05 Å². The van der Waals surface area contributed by atoms with Gasteiger partial charge in [0.15, 0.2) is 5.54 Å². The molecule has 0 radical (unpaired) electrons. The molecule has 0 bridgehead atoms. The number of alkyl halides is 3. The van der Waals surface area contributed by atoms with E-state index in [9.17, 15) is 32.7 Å². The summed E-state index contributed by atoms with van der Waals surface area (Å²) >= 11 is 0. The van der Waals surface area contributed by atoms with Crippen molar-refractivity contribution in [3.63, 3.8) is 0 Å². The summed E-state index contributed by atoms with van der Waals surface area (Å²) in [6.07, 6.45) is -5.97. The summed E-state index contributed by atoms with van der Waals surface area (Å²) in [4.78, 5) is 40.8. The number of halogens is 3. The van der Waals surface area contributed by atoms with E-state index in [-0.39, 0.29) is 30.9 Å². The Hall–Kier alpha value is -3.56. The Kier molecular flexibility index (Phi) is 10.2. The summed E-state index contributed by atoms with van der Waals surface area (Å²) in [5.41, 5.74) is -3.04. The molecule has 39 heavy (non-hydrogen) atoms. The molecule has 1 N–H and O–H groups in total. The molecule has 214 valence electrons. The van der Waals surface area contributed by atoms with E-state index in [1.54, 1.807) is 65.0 Å². The normalized spacial score (nSPS) is 14.3. The highest BCUT2D eigenvalue weighted by atomic mass is 19.4. The summed E-state index contributed by atoms with van der Waals surface area (Å²) in [5.74, 6) is -4.14. The number of hydrogen-bond donors (Lipinski definition) is 1. The van der Waals surface area contributed by atoms with Gasteiger partial charge < -0.3 is 14.6 Å². The zero-order chi connectivity index (χ0) is 29.6. The van der Waals surface area contributed by atoms with Gasteiger partial charge in [0.1, 0.15) is 12.2 Å². The van der Waals surface area contributed by atoms with Crippen molar-refractivity contribution >= 4 is 18.0 Å². The molecule has 2 atom stereocenters. The fourth-order valence-electron chi connectivity index (χ4n) is 4.35. The smallest absolute Gasteiger partial charge is 0.416 e. The van der Waals surface area contributed by atoms with E-state index in [0.717, 1.165) is 17.0 Å². The molecule has 0 heterocycles. The zero-order valence-corrected chi connectivity index (χ0v) is 23.0. The van der Waals surface area contributed by atoms with Gasteiger partial charge in [-0.05, 0) is 62.8 Å². The van der Waals surface area contributed by atoms with Crippen LogP contribution < -0.4 is 0 Å². The van der Waals surface area contributed by atoms with Gasteiger partial charge in [-0.25, -0.2) is 9.59 Å². The number of rotatable bonds is 10. The van der Waals surface area contributed by atoms with E-state index in [4.69, 9.17) is 9.47 Å². The summed E-state index contributed by atoms with van der Waals surface area (Å²) in [5, 5.41) is 10.6. The third kappa shape index (κ3) is 8.46. The van der Waals surface area contributed by atoms with E-state index >= 15 is 0 Å². The Morgan fingerprint density at radius 2 is 1.49 bits per heavy atom. The van der Waals surface area contributed by atoms with Crippen molar-refractivity contribution in [1.82, 2.24) is 4.90 Å². The lowest BCUT2D eigenvalue weighted by Crippen LogP contribution is -2.63. The van der Waals surface area contributed by atoms with Gasteiger partial charge in [-0.1, -0.05) is 56.3 Å². The van der Waals surface area contributed by atoms with Gasteiger partial charge in [-0.3, -0.25) is 9.69 Å². The van der Waals surface area contributed by atoms with E-state index < -0.39 is 46.8 Å². The highest BCUT2D eigenvalue weighted by molar-refractivity contribution is 5.91. The first kappa shape index (κ1) is 31.7. The van der Waals surface area contributed by atoms with Crippen molar-refractivity contribution in [1.29, 1.82) is 0 Å². The molecule has 0 aliphatic heterocycles. The minimum atomic E-state index is -4.56. The lowest BCUT2D eigenvalue weighted by Gasteiger charge is -2.44. The van der Waals surface area contributed by atoms with Crippen LogP contribution in [-0.4, -0.2) is 46.2 Å². The maximum atomic E-state index is 13.6. The Morgan fingerprint density at radius 1 is 0.923 bits per heavy atom. The lowest BCUT2D eigenvalue weighted by molar-refractivity contribution is -0.169. The third-order valence-corrected chi connectivity index (χ3v) is 6.16. The highest BCUT2D eigenvalue weighted by Crippen LogP contribution is 2.37. The van der Waals surface area contributed by atoms with Gasteiger partial charge in [0.05, 0.1) is 11.5 Å². The molecule has 0 unspecified atom stereocenters. The van der Waals surface area contributed by atoms with E-state index in [1.807, 2.05) is 0 Å². The predicted molar refractivity (Wildman–Crippen MR) is 139 cm³/mol. The number of benzene rings is 2. The molecule has 0 aliphatic carbocycles. The van der Waals surface area contributed by atoms with Gasteiger partial charge in [0.25, 0.3) is 0 Å². The molecular weight excluding hydrogens is 515 g/mol. The van der Waals surface area contributed by atoms with Crippen molar-refractivity contribution in [2.45, 2.75) is 71.4 Å². The number of likely N-dealkylation sites (N-methyl/N-ethyl adjacent to an activating group) is 1. The first-order valence-electron chi connectivity index (χ1n) is 12.5. The second kappa shape index (κ2) is 12.5. The number of carboxylic acid groups (broad SMARTS) is 1. The molecule has 10 heteroatoms. The number of carbonyl (C=O) groups excluding carboxylic acids is 2. The van der Waals surface area contributed by atoms with Crippen LogP contribution >= 0.6 is 0 Å². The maximum absolute atomic E-state index is 13.6. The van der Waals surface area contributed by atoms with Gasteiger partial charge in [0.2, 0.25) is 0 Å². The molecule has 0 spiro atoms. The van der Waals surface area contributed by atoms with Crippen molar-refractivity contribution in [2.75, 3.05) is 7.05 Å². The lowest BCUT2D eigenvalue weighted by atomic mass is 9.73. The average Bonchev–Trinajstić information content (AvgIpc) is 2.83. The van der Waals surface area contributed by atoms with Crippen LogP contribution in [0.25, 0.3) is 0 Å². The Labute approximate surface area is 226 Å². The SMILES string of the molecule is CC(C)C[C@@](C(=O)O)([C@@H](Cc1ccc(C(F)(F)F)cc1)C(=O)OCc1ccccc1)N(C)C(=O)OC(C)(C)C. The molecule has 0 fully saturated rings. The number of carbonyl (C=O) groups is 3. The van der Waals surface area contributed by atoms with Crippen molar-refractivity contribution in [2.24, 2.45) is 11.8 Å². The zero-order valence-electron chi connectivity index (χ0n) is 23.0. The topological polar surface area (TPSA) is 93.1 Å². The molecule has 2 aromatic carbocycles. The molecule has 2 rings (SSSR count). The van der Waals surface area contributed by atoms with Crippen molar-refractivity contribution in [3.8, 4) is 0 Å². The monoisotopic (exact) mass is 551 g/mol. The number of carboxylic acids is 1. The van der Waals surface area contributed by atoms with Crippen LogP contribution in [0.3, 0.4) is 0 Å².